The van der Waals surface area contributed by atoms with Crippen molar-refractivity contribution in [3.05, 3.63) is 76.3 Å². The van der Waals surface area contributed by atoms with Gasteiger partial charge in [0.05, 0.1) is 11.6 Å². The van der Waals surface area contributed by atoms with E-state index < -0.39 is 0 Å². The highest BCUT2D eigenvalue weighted by Gasteiger charge is 2.10. The quantitative estimate of drug-likeness (QED) is 0.651. The van der Waals surface area contributed by atoms with E-state index in [1.165, 1.54) is 0 Å². The molecule has 0 saturated carbocycles. The van der Waals surface area contributed by atoms with E-state index in [1.807, 2.05) is 60.7 Å². The van der Waals surface area contributed by atoms with Crippen LogP contribution in [0.5, 0.6) is 5.75 Å². The van der Waals surface area contributed by atoms with Crippen LogP contribution in [0.2, 0.25) is 10.0 Å². The van der Waals surface area contributed by atoms with Crippen LogP contribution in [0, 0.1) is 0 Å². The fourth-order valence-corrected chi connectivity index (χ4v) is 2.87. The molecule has 0 aliphatic heterocycles. The lowest BCUT2D eigenvalue weighted by Gasteiger charge is -2.15. The second kappa shape index (κ2) is 7.22. The van der Waals surface area contributed by atoms with Crippen LogP contribution in [0.15, 0.2) is 60.7 Å². The molecule has 3 rings (SSSR count). The molecule has 3 aromatic carbocycles. The Morgan fingerprint density at radius 2 is 1.65 bits per heavy atom. The summed E-state index contributed by atoms with van der Waals surface area (Å²) in [7, 11) is 0. The van der Waals surface area contributed by atoms with Crippen LogP contribution in [0.4, 0.5) is 0 Å². The summed E-state index contributed by atoms with van der Waals surface area (Å²) in [6, 6.07) is 19.4. The van der Waals surface area contributed by atoms with Crippen molar-refractivity contribution >= 4 is 34.0 Å². The molecule has 0 aliphatic rings. The molecule has 0 aliphatic carbocycles. The Balaban J connectivity index is 1.69. The Morgan fingerprint density at radius 3 is 2.43 bits per heavy atom. The Morgan fingerprint density at radius 1 is 0.913 bits per heavy atom. The van der Waals surface area contributed by atoms with Crippen LogP contribution < -0.4 is 10.5 Å². The Bertz CT molecular complexity index is 802. The zero-order valence-corrected chi connectivity index (χ0v) is 14.0. The van der Waals surface area contributed by atoms with Crippen molar-refractivity contribution < 1.29 is 4.74 Å². The first kappa shape index (κ1) is 16.1. The molecule has 2 nitrogen and oxygen atoms in total. The number of fused-ring (bicyclic) bond motifs is 1. The second-order valence-electron chi connectivity index (χ2n) is 5.39. The lowest BCUT2D eigenvalue weighted by molar-refractivity contribution is 0.302. The minimum absolute atomic E-state index is 0.0963. The average molecular weight is 346 g/mol. The van der Waals surface area contributed by atoms with E-state index in [-0.39, 0.29) is 6.04 Å². The predicted molar refractivity (Wildman–Crippen MR) is 97.5 cm³/mol. The van der Waals surface area contributed by atoms with Gasteiger partial charge in [-0.2, -0.15) is 0 Å². The first-order valence-corrected chi connectivity index (χ1v) is 8.22. The maximum Gasteiger partial charge on any atom is 0.145 e. The summed E-state index contributed by atoms with van der Waals surface area (Å²) < 4.78 is 5.93. The van der Waals surface area contributed by atoms with Crippen LogP contribution in [0.1, 0.15) is 18.0 Å². The molecule has 0 fully saturated rings. The van der Waals surface area contributed by atoms with E-state index in [1.54, 1.807) is 0 Å². The second-order valence-corrected chi connectivity index (χ2v) is 6.24. The van der Waals surface area contributed by atoms with Gasteiger partial charge in [0.1, 0.15) is 5.75 Å². The van der Waals surface area contributed by atoms with E-state index in [0.29, 0.717) is 28.8 Å². The lowest BCUT2D eigenvalue weighted by atomic mass is 10.1. The summed E-state index contributed by atoms with van der Waals surface area (Å²) in [4.78, 5) is 0. The summed E-state index contributed by atoms with van der Waals surface area (Å²) in [6.07, 6.45) is 0.696. The maximum absolute atomic E-state index is 6.28. The van der Waals surface area contributed by atoms with Gasteiger partial charge in [-0.25, -0.2) is 0 Å². The molecule has 0 spiro atoms. The van der Waals surface area contributed by atoms with Gasteiger partial charge in [-0.1, -0.05) is 65.7 Å². The number of rotatable bonds is 5. The zero-order valence-electron chi connectivity index (χ0n) is 12.5. The number of nitrogens with two attached hydrogens (primary N) is 1. The number of benzene rings is 3. The maximum atomic E-state index is 6.28. The van der Waals surface area contributed by atoms with Crippen molar-refractivity contribution in [2.75, 3.05) is 6.61 Å². The molecule has 3 aromatic rings. The highest BCUT2D eigenvalue weighted by atomic mass is 35.5. The summed E-state index contributed by atoms with van der Waals surface area (Å²) in [5.74, 6) is 0.716. The molecule has 2 N–H and O–H groups in total. The van der Waals surface area contributed by atoms with E-state index >= 15 is 0 Å². The van der Waals surface area contributed by atoms with Crippen LogP contribution in [0.25, 0.3) is 10.8 Å². The van der Waals surface area contributed by atoms with Crippen molar-refractivity contribution in [2.45, 2.75) is 12.5 Å². The van der Waals surface area contributed by atoms with Crippen molar-refractivity contribution in [2.24, 2.45) is 5.73 Å². The average Bonchev–Trinajstić information content (AvgIpc) is 2.57. The first-order chi connectivity index (χ1) is 11.1. The zero-order chi connectivity index (χ0) is 16.2. The normalized spacial score (nSPS) is 12.3. The molecule has 0 amide bonds. The van der Waals surface area contributed by atoms with Crippen molar-refractivity contribution in [1.29, 1.82) is 0 Å². The summed E-state index contributed by atoms with van der Waals surface area (Å²) >= 11 is 12.2. The molecule has 0 radical (unpaired) electrons. The van der Waals surface area contributed by atoms with E-state index in [2.05, 4.69) is 0 Å². The summed E-state index contributed by atoms with van der Waals surface area (Å²) in [6.45, 7) is 0.498. The number of halogens is 2. The Kier molecular flexibility index (Phi) is 5.06. The van der Waals surface area contributed by atoms with Crippen LogP contribution in [-0.2, 0) is 0 Å². The standard InChI is InChI=1S/C19H17Cl2NO/c20-15-8-5-14(6-9-15)18(22)11-12-23-19-16-4-2-1-3-13(16)7-10-17(19)21/h1-10,18H,11-12,22H2. The Labute approximate surface area is 145 Å². The fraction of sp³-hybridized carbons (Fsp3) is 0.158. The molecule has 118 valence electrons. The largest absolute Gasteiger partial charge is 0.491 e. The number of ether oxygens (including phenoxy) is 1. The van der Waals surface area contributed by atoms with Crippen LogP contribution in [-0.4, -0.2) is 6.61 Å². The third kappa shape index (κ3) is 3.78. The highest BCUT2D eigenvalue weighted by molar-refractivity contribution is 6.33. The molecule has 0 saturated heterocycles. The third-order valence-electron chi connectivity index (χ3n) is 3.80. The number of hydrogen-bond donors (Lipinski definition) is 1. The minimum Gasteiger partial charge on any atom is -0.491 e. The van der Waals surface area contributed by atoms with Gasteiger partial charge < -0.3 is 10.5 Å². The topological polar surface area (TPSA) is 35.2 Å². The van der Waals surface area contributed by atoms with Crippen molar-refractivity contribution in [1.82, 2.24) is 0 Å². The molecule has 0 aromatic heterocycles. The van der Waals surface area contributed by atoms with Gasteiger partial charge in [-0.15, -0.1) is 0 Å². The molecule has 23 heavy (non-hydrogen) atoms. The molecular weight excluding hydrogens is 329 g/mol. The highest BCUT2D eigenvalue weighted by Crippen LogP contribution is 2.33. The predicted octanol–water partition coefficient (Wildman–Crippen LogP) is 5.62. The summed E-state index contributed by atoms with van der Waals surface area (Å²) in [5, 5.41) is 3.44. The van der Waals surface area contributed by atoms with Crippen LogP contribution in [0.3, 0.4) is 0 Å². The molecule has 1 atom stereocenters. The van der Waals surface area contributed by atoms with Crippen LogP contribution >= 0.6 is 23.2 Å². The molecular formula is C19H17Cl2NO. The minimum atomic E-state index is -0.0963. The first-order valence-electron chi connectivity index (χ1n) is 7.46. The lowest BCUT2D eigenvalue weighted by Crippen LogP contribution is -2.14. The SMILES string of the molecule is NC(CCOc1c(Cl)ccc2ccccc12)c1ccc(Cl)cc1. The smallest absolute Gasteiger partial charge is 0.145 e. The van der Waals surface area contributed by atoms with E-state index in [0.717, 1.165) is 16.3 Å². The Hall–Kier alpha value is -1.74. The summed E-state index contributed by atoms with van der Waals surface area (Å²) in [5.41, 5.74) is 7.25. The van der Waals surface area contributed by atoms with Gasteiger partial charge in [0, 0.05) is 22.9 Å². The van der Waals surface area contributed by atoms with Gasteiger partial charge >= 0.3 is 0 Å². The third-order valence-corrected chi connectivity index (χ3v) is 4.35. The van der Waals surface area contributed by atoms with Gasteiger partial charge in [0.25, 0.3) is 0 Å². The van der Waals surface area contributed by atoms with E-state index in [9.17, 15) is 0 Å². The van der Waals surface area contributed by atoms with E-state index in [4.69, 9.17) is 33.7 Å². The number of hydrogen-bond acceptors (Lipinski definition) is 2. The monoisotopic (exact) mass is 345 g/mol. The van der Waals surface area contributed by atoms with Crippen molar-refractivity contribution in [3.63, 3.8) is 0 Å². The van der Waals surface area contributed by atoms with Gasteiger partial charge in [0.15, 0.2) is 0 Å². The fourth-order valence-electron chi connectivity index (χ4n) is 2.53. The molecule has 0 heterocycles. The van der Waals surface area contributed by atoms with Crippen molar-refractivity contribution in [3.8, 4) is 5.75 Å². The van der Waals surface area contributed by atoms with Gasteiger partial charge in [-0.3, -0.25) is 0 Å². The molecule has 0 bridgehead atoms. The van der Waals surface area contributed by atoms with Gasteiger partial charge in [0.2, 0.25) is 0 Å². The molecule has 1 unspecified atom stereocenters. The molecule has 4 heteroatoms. The van der Waals surface area contributed by atoms with Gasteiger partial charge in [-0.05, 0) is 29.1 Å².